The van der Waals surface area contributed by atoms with E-state index in [1.807, 2.05) is 48.5 Å². The van der Waals surface area contributed by atoms with E-state index in [-0.39, 0.29) is 18.1 Å². The van der Waals surface area contributed by atoms with Crippen LogP contribution in [0.4, 0.5) is 11.4 Å². The van der Waals surface area contributed by atoms with E-state index in [0.717, 1.165) is 35.3 Å². The third-order valence-corrected chi connectivity index (χ3v) is 5.42. The van der Waals surface area contributed by atoms with Gasteiger partial charge < -0.3 is 4.74 Å². The van der Waals surface area contributed by atoms with Gasteiger partial charge in [0.25, 0.3) is 5.91 Å². The number of benzene rings is 3. The maximum Gasteiger partial charge on any atom is 0.340 e. The molecule has 6 heteroatoms. The molecule has 0 radical (unpaired) electrons. The van der Waals surface area contributed by atoms with E-state index in [9.17, 15) is 9.59 Å². The molecule has 0 N–H and O–H groups in total. The Bertz CT molecular complexity index is 1250. The highest BCUT2D eigenvalue weighted by molar-refractivity contribution is 6.06. The SMILES string of the molecule is O=C(OCC(=O)N1c2ccccc2CCc2ccccc21)c1cccc2nccnc12. The van der Waals surface area contributed by atoms with Crippen molar-refractivity contribution in [3.8, 4) is 0 Å². The van der Waals surface area contributed by atoms with Gasteiger partial charge in [-0.3, -0.25) is 19.7 Å². The monoisotopic (exact) mass is 409 g/mol. The van der Waals surface area contributed by atoms with Gasteiger partial charge >= 0.3 is 5.97 Å². The Labute approximate surface area is 179 Å². The Morgan fingerprint density at radius 1 is 0.806 bits per heavy atom. The van der Waals surface area contributed by atoms with Crippen LogP contribution in [0.5, 0.6) is 0 Å². The second-order valence-corrected chi connectivity index (χ2v) is 7.29. The molecule has 0 unspecified atom stereocenters. The van der Waals surface area contributed by atoms with Crippen LogP contribution in [-0.2, 0) is 22.4 Å². The number of carbonyl (C=O) groups excluding carboxylic acids is 2. The van der Waals surface area contributed by atoms with Gasteiger partial charge in [-0.15, -0.1) is 0 Å². The fourth-order valence-corrected chi connectivity index (χ4v) is 3.98. The van der Waals surface area contributed by atoms with Gasteiger partial charge in [0.05, 0.1) is 22.5 Å². The van der Waals surface area contributed by atoms with Crippen molar-refractivity contribution >= 4 is 34.3 Å². The lowest BCUT2D eigenvalue weighted by molar-refractivity contribution is -0.120. The molecule has 3 aromatic carbocycles. The number of aromatic nitrogens is 2. The van der Waals surface area contributed by atoms with Gasteiger partial charge in [-0.2, -0.15) is 0 Å². The van der Waals surface area contributed by atoms with Crippen molar-refractivity contribution in [1.29, 1.82) is 0 Å². The zero-order valence-corrected chi connectivity index (χ0v) is 16.7. The van der Waals surface area contributed by atoms with Gasteiger partial charge in [-0.1, -0.05) is 42.5 Å². The van der Waals surface area contributed by atoms with Crippen LogP contribution in [0.3, 0.4) is 0 Å². The summed E-state index contributed by atoms with van der Waals surface area (Å²) in [6.07, 6.45) is 4.77. The van der Waals surface area contributed by atoms with Crippen LogP contribution in [0.15, 0.2) is 79.1 Å². The molecule has 1 aromatic heterocycles. The molecule has 1 aliphatic rings. The molecule has 2 heterocycles. The minimum atomic E-state index is -0.601. The molecule has 5 rings (SSSR count). The summed E-state index contributed by atoms with van der Waals surface area (Å²) >= 11 is 0. The van der Waals surface area contributed by atoms with Gasteiger partial charge in [0, 0.05) is 12.4 Å². The molecule has 152 valence electrons. The average molecular weight is 409 g/mol. The zero-order valence-electron chi connectivity index (χ0n) is 16.7. The van der Waals surface area contributed by atoms with Crippen molar-refractivity contribution in [2.45, 2.75) is 12.8 Å². The van der Waals surface area contributed by atoms with E-state index in [1.54, 1.807) is 29.3 Å². The van der Waals surface area contributed by atoms with Crippen molar-refractivity contribution < 1.29 is 14.3 Å². The van der Waals surface area contributed by atoms with E-state index in [1.165, 1.54) is 6.20 Å². The first-order chi connectivity index (χ1) is 15.2. The standard InChI is InChI=1S/C25H19N3O3/c29-23(16-31-25(30)19-8-5-9-20-24(19)27-15-14-26-20)28-21-10-3-1-6-17(21)12-13-18-7-2-4-11-22(18)28/h1-11,14-15H,12-13,16H2. The van der Waals surface area contributed by atoms with Crippen molar-refractivity contribution in [3.05, 3.63) is 95.8 Å². The Kier molecular flexibility index (Phi) is 4.88. The fourth-order valence-electron chi connectivity index (χ4n) is 3.98. The van der Waals surface area contributed by atoms with Crippen molar-refractivity contribution in [2.75, 3.05) is 11.5 Å². The van der Waals surface area contributed by atoms with Crippen LogP contribution in [0.25, 0.3) is 11.0 Å². The minimum Gasteiger partial charge on any atom is -0.452 e. The first-order valence-electron chi connectivity index (χ1n) is 10.1. The number of esters is 1. The molecule has 1 amide bonds. The molecule has 0 spiro atoms. The Morgan fingerprint density at radius 3 is 2.16 bits per heavy atom. The summed E-state index contributed by atoms with van der Waals surface area (Å²) in [4.78, 5) is 36.1. The van der Waals surface area contributed by atoms with Crippen molar-refractivity contribution in [1.82, 2.24) is 9.97 Å². The number of hydrogen-bond acceptors (Lipinski definition) is 5. The fraction of sp³-hybridized carbons (Fsp3) is 0.120. The van der Waals surface area contributed by atoms with Gasteiger partial charge in [-0.25, -0.2) is 4.79 Å². The molecule has 0 fully saturated rings. The molecule has 0 aliphatic carbocycles. The summed E-state index contributed by atoms with van der Waals surface area (Å²) in [5.41, 5.74) is 5.15. The summed E-state index contributed by atoms with van der Waals surface area (Å²) < 4.78 is 5.42. The van der Waals surface area contributed by atoms with Crippen LogP contribution in [-0.4, -0.2) is 28.5 Å². The summed E-state index contributed by atoms with van der Waals surface area (Å²) in [5.74, 6) is -0.905. The van der Waals surface area contributed by atoms with Crippen LogP contribution >= 0.6 is 0 Å². The quantitative estimate of drug-likeness (QED) is 0.473. The highest BCUT2D eigenvalue weighted by Crippen LogP contribution is 2.36. The molecular weight excluding hydrogens is 390 g/mol. The van der Waals surface area contributed by atoms with E-state index in [2.05, 4.69) is 9.97 Å². The maximum atomic E-state index is 13.3. The number of aryl methyl sites for hydroxylation is 2. The molecule has 1 aliphatic heterocycles. The molecule has 6 nitrogen and oxygen atoms in total. The number of fused-ring (bicyclic) bond motifs is 3. The number of nitrogens with zero attached hydrogens (tertiary/aromatic N) is 3. The largest absolute Gasteiger partial charge is 0.452 e. The summed E-state index contributed by atoms with van der Waals surface area (Å²) in [5, 5.41) is 0. The summed E-state index contributed by atoms with van der Waals surface area (Å²) in [6.45, 7) is -0.377. The van der Waals surface area contributed by atoms with E-state index >= 15 is 0 Å². The van der Waals surface area contributed by atoms with E-state index < -0.39 is 5.97 Å². The molecule has 31 heavy (non-hydrogen) atoms. The second kappa shape index (κ2) is 7.99. The number of rotatable bonds is 3. The van der Waals surface area contributed by atoms with Crippen LogP contribution in [0, 0.1) is 0 Å². The van der Waals surface area contributed by atoms with E-state index in [0.29, 0.717) is 11.0 Å². The number of ether oxygens (including phenoxy) is 1. The van der Waals surface area contributed by atoms with Gasteiger partial charge in [0.2, 0.25) is 0 Å². The number of hydrogen-bond donors (Lipinski definition) is 0. The van der Waals surface area contributed by atoms with Gasteiger partial charge in [-0.05, 0) is 48.2 Å². The molecule has 0 bridgehead atoms. The van der Waals surface area contributed by atoms with E-state index in [4.69, 9.17) is 4.74 Å². The number of para-hydroxylation sites is 3. The highest BCUT2D eigenvalue weighted by Gasteiger charge is 2.26. The third-order valence-electron chi connectivity index (χ3n) is 5.42. The van der Waals surface area contributed by atoms with Crippen LogP contribution in [0.1, 0.15) is 21.5 Å². The predicted octanol–water partition coefficient (Wildman–Crippen LogP) is 4.25. The van der Waals surface area contributed by atoms with Crippen molar-refractivity contribution in [2.24, 2.45) is 0 Å². The lowest BCUT2D eigenvalue weighted by atomic mass is 10.0. The number of anilines is 2. The first kappa shape index (κ1) is 18.9. The molecule has 0 saturated carbocycles. The maximum absolute atomic E-state index is 13.3. The Hall–Kier alpha value is -4.06. The third kappa shape index (κ3) is 3.53. The lowest BCUT2D eigenvalue weighted by Crippen LogP contribution is -2.31. The predicted molar refractivity (Wildman–Crippen MR) is 117 cm³/mol. The highest BCUT2D eigenvalue weighted by atomic mass is 16.5. The van der Waals surface area contributed by atoms with Gasteiger partial charge in [0.1, 0.15) is 5.52 Å². The smallest absolute Gasteiger partial charge is 0.340 e. The molecular formula is C25H19N3O3. The van der Waals surface area contributed by atoms with Crippen molar-refractivity contribution in [3.63, 3.8) is 0 Å². The lowest BCUT2D eigenvalue weighted by Gasteiger charge is -2.24. The zero-order chi connectivity index (χ0) is 21.2. The number of amides is 1. The topological polar surface area (TPSA) is 72.4 Å². The minimum absolute atomic E-state index is 0.287. The summed E-state index contributed by atoms with van der Waals surface area (Å²) in [6, 6.07) is 20.8. The Balaban J connectivity index is 1.44. The molecule has 0 atom stereocenters. The summed E-state index contributed by atoms with van der Waals surface area (Å²) in [7, 11) is 0. The van der Waals surface area contributed by atoms with Gasteiger partial charge in [0.15, 0.2) is 6.61 Å². The molecule has 4 aromatic rings. The second-order valence-electron chi connectivity index (χ2n) is 7.29. The van der Waals surface area contributed by atoms with Crippen LogP contribution < -0.4 is 4.90 Å². The van der Waals surface area contributed by atoms with Crippen LogP contribution in [0.2, 0.25) is 0 Å². The normalized spacial score (nSPS) is 12.6. The number of carbonyl (C=O) groups is 2. The average Bonchev–Trinajstić information content (AvgIpc) is 2.99. The Morgan fingerprint density at radius 2 is 1.45 bits per heavy atom. The molecule has 0 saturated heterocycles. The first-order valence-corrected chi connectivity index (χ1v) is 10.1.